The average Bonchev–Trinajstić information content (AvgIpc) is 2.44. The highest BCUT2D eigenvalue weighted by atomic mass is 79.9. The van der Waals surface area contributed by atoms with Crippen molar-refractivity contribution in [2.24, 2.45) is 5.92 Å². The first kappa shape index (κ1) is 15.0. The van der Waals surface area contributed by atoms with Crippen LogP contribution in [0.25, 0.3) is 0 Å². The number of nitrogens with one attached hydrogen (secondary N) is 1. The van der Waals surface area contributed by atoms with Crippen LogP contribution in [0.4, 0.5) is 5.69 Å². The molecule has 1 aromatic carbocycles. The Morgan fingerprint density at radius 1 is 1.20 bits per heavy atom. The molecule has 1 heterocycles. The Bertz CT molecular complexity index is 552. The number of aryl methyl sites for hydroxylation is 1. The summed E-state index contributed by atoms with van der Waals surface area (Å²) in [7, 11) is 0. The molecular formula is C17H21BrN2. The Balaban J connectivity index is 2.08. The van der Waals surface area contributed by atoms with Gasteiger partial charge in [0.2, 0.25) is 0 Å². The van der Waals surface area contributed by atoms with Crippen molar-refractivity contribution in [3.8, 4) is 0 Å². The highest BCUT2D eigenvalue weighted by Crippen LogP contribution is 2.25. The molecule has 3 heteroatoms. The molecule has 1 aromatic heterocycles. The summed E-state index contributed by atoms with van der Waals surface area (Å²) in [5, 5.41) is 3.51. The van der Waals surface area contributed by atoms with Crippen molar-refractivity contribution < 1.29 is 0 Å². The van der Waals surface area contributed by atoms with Gasteiger partial charge in [-0.05, 0) is 46.0 Å². The van der Waals surface area contributed by atoms with E-state index < -0.39 is 0 Å². The number of benzene rings is 1. The molecule has 0 fully saturated rings. The summed E-state index contributed by atoms with van der Waals surface area (Å²) < 4.78 is 0.909. The minimum absolute atomic E-state index is 0.500. The average molecular weight is 333 g/mol. The van der Waals surface area contributed by atoms with E-state index in [1.54, 1.807) is 0 Å². The molecule has 20 heavy (non-hydrogen) atoms. The maximum Gasteiger partial charge on any atom is 0.109 e. The molecule has 2 rings (SSSR count). The molecule has 0 amide bonds. The summed E-state index contributed by atoms with van der Waals surface area (Å²) in [4.78, 5) is 4.33. The monoisotopic (exact) mass is 332 g/mol. The highest BCUT2D eigenvalue weighted by molar-refractivity contribution is 9.10. The van der Waals surface area contributed by atoms with Gasteiger partial charge in [-0.2, -0.15) is 0 Å². The Hall–Kier alpha value is -1.35. The van der Waals surface area contributed by atoms with Gasteiger partial charge >= 0.3 is 0 Å². The zero-order valence-electron chi connectivity index (χ0n) is 12.2. The lowest BCUT2D eigenvalue weighted by Crippen LogP contribution is -2.17. The van der Waals surface area contributed by atoms with Crippen LogP contribution in [0.15, 0.2) is 47.2 Å². The molecule has 106 valence electrons. The molecule has 2 aromatic rings. The first-order valence-corrected chi connectivity index (χ1v) is 7.78. The number of nitrogens with zero attached hydrogens (tertiary/aromatic N) is 1. The Kier molecular flexibility index (Phi) is 5.18. The molecule has 0 saturated carbocycles. The fraction of sp³-hybridized carbons (Fsp3) is 0.353. The molecule has 0 bridgehead atoms. The topological polar surface area (TPSA) is 24.9 Å². The summed E-state index contributed by atoms with van der Waals surface area (Å²) in [5.41, 5.74) is 3.61. The molecule has 2 nitrogen and oxygen atoms in total. The summed E-state index contributed by atoms with van der Waals surface area (Å²) in [6.45, 7) is 7.51. The van der Waals surface area contributed by atoms with Crippen molar-refractivity contribution in [2.75, 3.05) is 11.9 Å². The fourth-order valence-corrected chi connectivity index (χ4v) is 2.54. The van der Waals surface area contributed by atoms with Crippen molar-refractivity contribution in [2.45, 2.75) is 26.7 Å². The number of rotatable bonds is 5. The number of anilines is 1. The Labute approximate surface area is 129 Å². The first-order chi connectivity index (χ1) is 9.58. The lowest BCUT2D eigenvalue weighted by molar-refractivity contribution is 0.517. The molecule has 1 unspecified atom stereocenters. The van der Waals surface area contributed by atoms with E-state index in [0.717, 1.165) is 22.4 Å². The van der Waals surface area contributed by atoms with Gasteiger partial charge < -0.3 is 5.32 Å². The minimum atomic E-state index is 0.500. The van der Waals surface area contributed by atoms with Gasteiger partial charge in [-0.3, -0.25) is 0 Å². The number of pyridine rings is 1. The maximum atomic E-state index is 4.33. The van der Waals surface area contributed by atoms with E-state index in [9.17, 15) is 0 Å². The largest absolute Gasteiger partial charge is 0.383 e. The van der Waals surface area contributed by atoms with Crippen LogP contribution in [0.1, 0.15) is 30.9 Å². The maximum absolute atomic E-state index is 4.33. The van der Waals surface area contributed by atoms with Gasteiger partial charge in [-0.25, -0.2) is 4.98 Å². The Morgan fingerprint density at radius 2 is 1.90 bits per heavy atom. The van der Waals surface area contributed by atoms with E-state index in [-0.39, 0.29) is 0 Å². The van der Waals surface area contributed by atoms with E-state index in [1.165, 1.54) is 5.56 Å². The van der Waals surface area contributed by atoms with Gasteiger partial charge in [0.1, 0.15) is 4.60 Å². The zero-order valence-corrected chi connectivity index (χ0v) is 13.8. The van der Waals surface area contributed by atoms with E-state index in [0.29, 0.717) is 11.8 Å². The van der Waals surface area contributed by atoms with Crippen LogP contribution in [0, 0.1) is 12.8 Å². The van der Waals surface area contributed by atoms with Gasteiger partial charge in [0.15, 0.2) is 0 Å². The van der Waals surface area contributed by atoms with Gasteiger partial charge in [0, 0.05) is 12.5 Å². The predicted molar refractivity (Wildman–Crippen MR) is 89.2 cm³/mol. The van der Waals surface area contributed by atoms with E-state index in [2.05, 4.69) is 83.4 Å². The van der Waals surface area contributed by atoms with Crippen LogP contribution in [-0.2, 0) is 0 Å². The van der Waals surface area contributed by atoms with Crippen LogP contribution in [0.3, 0.4) is 0 Å². The van der Waals surface area contributed by atoms with Crippen molar-refractivity contribution in [3.05, 3.63) is 58.3 Å². The number of halogens is 1. The van der Waals surface area contributed by atoms with Gasteiger partial charge in [0.25, 0.3) is 0 Å². The van der Waals surface area contributed by atoms with E-state index in [1.807, 2.05) is 6.20 Å². The van der Waals surface area contributed by atoms with Crippen molar-refractivity contribution >= 4 is 21.6 Å². The third-order valence-electron chi connectivity index (χ3n) is 3.57. The summed E-state index contributed by atoms with van der Waals surface area (Å²) in [6, 6.07) is 12.8. The first-order valence-electron chi connectivity index (χ1n) is 6.99. The molecule has 0 saturated heterocycles. The summed E-state index contributed by atoms with van der Waals surface area (Å²) >= 11 is 3.43. The quantitative estimate of drug-likeness (QED) is 0.779. The standard InChI is InChI=1S/C17H21BrN2/c1-12(2)16(14-7-5-4-6-8-14)11-19-15-9-13(3)17(18)20-10-15/h4-10,12,16,19H,11H2,1-3H3. The minimum Gasteiger partial charge on any atom is -0.383 e. The van der Waals surface area contributed by atoms with E-state index in [4.69, 9.17) is 0 Å². The molecule has 1 N–H and O–H groups in total. The van der Waals surface area contributed by atoms with Crippen molar-refractivity contribution in [1.82, 2.24) is 4.98 Å². The molecule has 1 atom stereocenters. The normalized spacial score (nSPS) is 12.4. The lowest BCUT2D eigenvalue weighted by atomic mass is 9.88. The predicted octanol–water partition coefficient (Wildman–Crippen LogP) is 5.00. The number of hydrogen-bond acceptors (Lipinski definition) is 2. The van der Waals surface area contributed by atoms with Crippen LogP contribution >= 0.6 is 15.9 Å². The lowest BCUT2D eigenvalue weighted by Gasteiger charge is -2.22. The molecule has 0 aliphatic heterocycles. The third-order valence-corrected chi connectivity index (χ3v) is 4.40. The second-order valence-corrected chi connectivity index (χ2v) is 6.22. The van der Waals surface area contributed by atoms with Crippen LogP contribution in [-0.4, -0.2) is 11.5 Å². The number of hydrogen-bond donors (Lipinski definition) is 1. The molecule has 0 spiro atoms. The van der Waals surface area contributed by atoms with Gasteiger partial charge in [-0.15, -0.1) is 0 Å². The third kappa shape index (κ3) is 3.83. The number of aromatic nitrogens is 1. The zero-order chi connectivity index (χ0) is 14.5. The second kappa shape index (κ2) is 6.89. The second-order valence-electron chi connectivity index (χ2n) is 5.47. The van der Waals surface area contributed by atoms with Gasteiger partial charge in [-0.1, -0.05) is 44.2 Å². The van der Waals surface area contributed by atoms with Gasteiger partial charge in [0.05, 0.1) is 11.9 Å². The summed E-state index contributed by atoms with van der Waals surface area (Å²) in [6.07, 6.45) is 1.87. The molecular weight excluding hydrogens is 312 g/mol. The fourth-order valence-electron chi connectivity index (χ4n) is 2.32. The smallest absolute Gasteiger partial charge is 0.109 e. The summed E-state index contributed by atoms with van der Waals surface area (Å²) in [5.74, 6) is 1.09. The molecule has 0 aliphatic carbocycles. The Morgan fingerprint density at radius 3 is 2.50 bits per heavy atom. The van der Waals surface area contributed by atoms with Crippen LogP contribution in [0.5, 0.6) is 0 Å². The SMILES string of the molecule is Cc1cc(NCC(c2ccccc2)C(C)C)cnc1Br. The molecule has 0 radical (unpaired) electrons. The van der Waals surface area contributed by atoms with Crippen molar-refractivity contribution in [3.63, 3.8) is 0 Å². The van der Waals surface area contributed by atoms with E-state index >= 15 is 0 Å². The van der Waals surface area contributed by atoms with Crippen molar-refractivity contribution in [1.29, 1.82) is 0 Å². The highest BCUT2D eigenvalue weighted by Gasteiger charge is 2.15. The van der Waals surface area contributed by atoms with Crippen LogP contribution in [0.2, 0.25) is 0 Å². The van der Waals surface area contributed by atoms with Crippen LogP contribution < -0.4 is 5.32 Å². The molecule has 0 aliphatic rings.